The lowest BCUT2D eigenvalue weighted by Crippen LogP contribution is -2.30. The summed E-state index contributed by atoms with van der Waals surface area (Å²) in [5.74, 6) is -0.140. The highest BCUT2D eigenvalue weighted by molar-refractivity contribution is 5.79. The van der Waals surface area contributed by atoms with Crippen molar-refractivity contribution in [2.24, 2.45) is 5.92 Å². The highest BCUT2D eigenvalue weighted by atomic mass is 19.4. The summed E-state index contributed by atoms with van der Waals surface area (Å²) >= 11 is 0. The van der Waals surface area contributed by atoms with Gasteiger partial charge < -0.3 is 15.4 Å². The molecular formula is C19H19F3N2O2. The van der Waals surface area contributed by atoms with Crippen molar-refractivity contribution in [1.82, 2.24) is 5.32 Å². The molecule has 0 saturated carbocycles. The summed E-state index contributed by atoms with van der Waals surface area (Å²) in [6.07, 6.45) is -3.69. The van der Waals surface area contributed by atoms with E-state index >= 15 is 0 Å². The van der Waals surface area contributed by atoms with Gasteiger partial charge in [-0.2, -0.15) is 13.2 Å². The summed E-state index contributed by atoms with van der Waals surface area (Å²) in [6.45, 7) is 1.43. The summed E-state index contributed by atoms with van der Waals surface area (Å²) in [7, 11) is 0. The SMILES string of the molecule is O=C(NCc1ccc(Nc2ccccc2C(F)(F)F)cc1)C1CCOC1. The first kappa shape index (κ1) is 18.3. The monoisotopic (exact) mass is 364 g/mol. The second kappa shape index (κ2) is 7.78. The Balaban J connectivity index is 1.61. The van der Waals surface area contributed by atoms with E-state index in [0.29, 0.717) is 25.4 Å². The van der Waals surface area contributed by atoms with Gasteiger partial charge in [-0.3, -0.25) is 4.79 Å². The van der Waals surface area contributed by atoms with Crippen molar-refractivity contribution in [3.63, 3.8) is 0 Å². The molecule has 1 aliphatic rings. The molecular weight excluding hydrogens is 345 g/mol. The van der Waals surface area contributed by atoms with Gasteiger partial charge in [0.1, 0.15) is 0 Å². The Labute approximate surface area is 149 Å². The third-order valence-corrected chi connectivity index (χ3v) is 4.23. The van der Waals surface area contributed by atoms with Gasteiger partial charge in [-0.25, -0.2) is 0 Å². The van der Waals surface area contributed by atoms with E-state index < -0.39 is 11.7 Å². The van der Waals surface area contributed by atoms with Crippen LogP contribution in [0, 0.1) is 5.92 Å². The zero-order valence-electron chi connectivity index (χ0n) is 14.0. The Morgan fingerprint density at radius 2 is 1.85 bits per heavy atom. The molecule has 4 nitrogen and oxygen atoms in total. The average Bonchev–Trinajstić information content (AvgIpc) is 3.15. The van der Waals surface area contributed by atoms with Gasteiger partial charge in [0.15, 0.2) is 0 Å². The fraction of sp³-hybridized carbons (Fsp3) is 0.316. The minimum absolute atomic E-state index is 0.00212. The first-order chi connectivity index (χ1) is 12.4. The number of hydrogen-bond acceptors (Lipinski definition) is 3. The van der Waals surface area contributed by atoms with E-state index in [1.807, 2.05) is 0 Å². The molecule has 1 saturated heterocycles. The lowest BCUT2D eigenvalue weighted by molar-refractivity contribution is -0.137. The van der Waals surface area contributed by atoms with Crippen molar-refractivity contribution in [3.05, 3.63) is 59.7 Å². The van der Waals surface area contributed by atoms with Gasteiger partial charge in [-0.1, -0.05) is 24.3 Å². The molecule has 0 bridgehead atoms. The van der Waals surface area contributed by atoms with Crippen molar-refractivity contribution in [1.29, 1.82) is 0 Å². The van der Waals surface area contributed by atoms with E-state index in [2.05, 4.69) is 10.6 Å². The minimum Gasteiger partial charge on any atom is -0.381 e. The number of hydrogen-bond donors (Lipinski definition) is 2. The Bertz CT molecular complexity index is 754. The molecule has 3 rings (SSSR count). The predicted octanol–water partition coefficient (Wildman–Crippen LogP) is 4.10. The molecule has 1 heterocycles. The molecule has 26 heavy (non-hydrogen) atoms. The molecule has 1 atom stereocenters. The number of ether oxygens (including phenoxy) is 1. The third-order valence-electron chi connectivity index (χ3n) is 4.23. The second-order valence-electron chi connectivity index (χ2n) is 6.14. The van der Waals surface area contributed by atoms with Crippen LogP contribution in [0.4, 0.5) is 24.5 Å². The van der Waals surface area contributed by atoms with E-state index in [4.69, 9.17) is 4.74 Å². The summed E-state index contributed by atoms with van der Waals surface area (Å²) < 4.78 is 44.3. The first-order valence-corrected chi connectivity index (χ1v) is 8.31. The van der Waals surface area contributed by atoms with Crippen LogP contribution in [-0.4, -0.2) is 19.1 Å². The highest BCUT2D eigenvalue weighted by Crippen LogP contribution is 2.35. The Hall–Kier alpha value is -2.54. The van der Waals surface area contributed by atoms with Crippen LogP contribution in [0.15, 0.2) is 48.5 Å². The molecule has 7 heteroatoms. The lowest BCUT2D eigenvalue weighted by Gasteiger charge is -2.15. The molecule has 2 aromatic carbocycles. The zero-order valence-corrected chi connectivity index (χ0v) is 14.0. The quantitative estimate of drug-likeness (QED) is 0.840. The lowest BCUT2D eigenvalue weighted by atomic mass is 10.1. The maximum absolute atomic E-state index is 13.0. The second-order valence-corrected chi connectivity index (χ2v) is 6.14. The number of carbonyl (C=O) groups excluding carboxylic acids is 1. The minimum atomic E-state index is -4.42. The maximum Gasteiger partial charge on any atom is 0.418 e. The zero-order chi connectivity index (χ0) is 18.6. The van der Waals surface area contributed by atoms with Gasteiger partial charge in [-0.05, 0) is 36.2 Å². The Morgan fingerprint density at radius 1 is 1.12 bits per heavy atom. The van der Waals surface area contributed by atoms with E-state index in [-0.39, 0.29) is 17.5 Å². The predicted molar refractivity (Wildman–Crippen MR) is 91.9 cm³/mol. The van der Waals surface area contributed by atoms with Crippen LogP contribution in [0.2, 0.25) is 0 Å². The van der Waals surface area contributed by atoms with Gasteiger partial charge in [0.2, 0.25) is 5.91 Å². The standard InChI is InChI=1S/C19H19F3N2O2/c20-19(21,22)16-3-1-2-4-17(16)24-15-7-5-13(6-8-15)11-23-18(25)14-9-10-26-12-14/h1-8,14,24H,9-12H2,(H,23,25). The molecule has 0 spiro atoms. The van der Waals surface area contributed by atoms with Crippen molar-refractivity contribution in [2.75, 3.05) is 18.5 Å². The molecule has 0 aromatic heterocycles. The molecule has 1 aliphatic heterocycles. The van der Waals surface area contributed by atoms with E-state index in [9.17, 15) is 18.0 Å². The van der Waals surface area contributed by atoms with Crippen LogP contribution in [0.3, 0.4) is 0 Å². The maximum atomic E-state index is 13.0. The molecule has 2 aromatic rings. The number of benzene rings is 2. The number of amides is 1. The number of nitrogens with one attached hydrogen (secondary N) is 2. The molecule has 1 unspecified atom stereocenters. The van der Waals surface area contributed by atoms with Crippen LogP contribution in [0.1, 0.15) is 17.5 Å². The van der Waals surface area contributed by atoms with E-state index in [1.54, 1.807) is 30.3 Å². The molecule has 1 fully saturated rings. The Morgan fingerprint density at radius 3 is 2.50 bits per heavy atom. The number of rotatable bonds is 5. The van der Waals surface area contributed by atoms with Crippen LogP contribution in [0.25, 0.3) is 0 Å². The summed E-state index contributed by atoms with van der Waals surface area (Å²) in [4.78, 5) is 11.9. The molecule has 0 radical (unpaired) electrons. The molecule has 138 valence electrons. The van der Waals surface area contributed by atoms with Crippen molar-refractivity contribution in [3.8, 4) is 0 Å². The number of para-hydroxylation sites is 1. The van der Waals surface area contributed by atoms with Gasteiger partial charge in [0.05, 0.1) is 23.8 Å². The van der Waals surface area contributed by atoms with Crippen molar-refractivity contribution in [2.45, 2.75) is 19.1 Å². The molecule has 0 aliphatic carbocycles. The number of halogens is 3. The summed E-state index contributed by atoms with van der Waals surface area (Å²) in [6, 6.07) is 12.2. The van der Waals surface area contributed by atoms with Crippen LogP contribution in [-0.2, 0) is 22.3 Å². The van der Waals surface area contributed by atoms with Gasteiger partial charge >= 0.3 is 6.18 Å². The van der Waals surface area contributed by atoms with Crippen molar-refractivity contribution < 1.29 is 22.7 Å². The largest absolute Gasteiger partial charge is 0.418 e. The Kier molecular flexibility index (Phi) is 5.46. The van der Waals surface area contributed by atoms with Crippen LogP contribution in [0.5, 0.6) is 0 Å². The van der Waals surface area contributed by atoms with Gasteiger partial charge in [-0.15, -0.1) is 0 Å². The van der Waals surface area contributed by atoms with Gasteiger partial charge in [0.25, 0.3) is 0 Å². The first-order valence-electron chi connectivity index (χ1n) is 8.31. The van der Waals surface area contributed by atoms with E-state index in [0.717, 1.165) is 18.1 Å². The summed E-state index contributed by atoms with van der Waals surface area (Å²) in [5, 5.41) is 5.64. The van der Waals surface area contributed by atoms with Gasteiger partial charge in [0, 0.05) is 18.8 Å². The van der Waals surface area contributed by atoms with Crippen LogP contribution >= 0.6 is 0 Å². The fourth-order valence-corrected chi connectivity index (χ4v) is 2.78. The molecule has 1 amide bonds. The number of carbonyl (C=O) groups is 1. The van der Waals surface area contributed by atoms with E-state index in [1.165, 1.54) is 12.1 Å². The molecule has 2 N–H and O–H groups in total. The smallest absolute Gasteiger partial charge is 0.381 e. The normalized spacial score (nSPS) is 17.1. The number of alkyl halides is 3. The number of anilines is 2. The highest BCUT2D eigenvalue weighted by Gasteiger charge is 2.33. The van der Waals surface area contributed by atoms with Crippen molar-refractivity contribution >= 4 is 17.3 Å². The van der Waals surface area contributed by atoms with Crippen LogP contribution < -0.4 is 10.6 Å². The topological polar surface area (TPSA) is 50.4 Å². The third kappa shape index (κ3) is 4.54. The fourth-order valence-electron chi connectivity index (χ4n) is 2.78. The summed E-state index contributed by atoms with van der Waals surface area (Å²) in [5.41, 5.74) is 0.699. The average molecular weight is 364 g/mol.